The summed E-state index contributed by atoms with van der Waals surface area (Å²) in [7, 11) is 0. The smallest absolute Gasteiger partial charge is 0.327 e. The first-order chi connectivity index (χ1) is 14.1. The highest BCUT2D eigenvalue weighted by atomic mass is 16.6. The van der Waals surface area contributed by atoms with Crippen LogP contribution in [-0.2, 0) is 14.3 Å². The molecule has 0 radical (unpaired) electrons. The van der Waals surface area contributed by atoms with E-state index in [-0.39, 0.29) is 13.0 Å². The third-order valence-corrected chi connectivity index (χ3v) is 3.60. The van der Waals surface area contributed by atoms with Gasteiger partial charge in [0.1, 0.15) is 0 Å². The molecular weight excluding hydrogens is 362 g/mol. The molecule has 2 N–H and O–H groups in total. The molecule has 0 amide bonds. The Balaban J connectivity index is 0. The molecule has 0 spiro atoms. The van der Waals surface area contributed by atoms with Gasteiger partial charge in [-0.25, -0.2) is 0 Å². The molecular formula is C25H41NO3. The zero-order valence-electron chi connectivity index (χ0n) is 18.5. The van der Waals surface area contributed by atoms with Crippen molar-refractivity contribution in [2.45, 2.75) is 78.1 Å². The number of ether oxygens (including phenoxy) is 1. The van der Waals surface area contributed by atoms with E-state index in [2.05, 4.69) is 60.8 Å². The summed E-state index contributed by atoms with van der Waals surface area (Å²) in [5.74, 6) is -1.18. The highest BCUT2D eigenvalue weighted by Crippen LogP contribution is 2.02. The van der Waals surface area contributed by atoms with Gasteiger partial charge in [0.05, 0.1) is 6.54 Å². The van der Waals surface area contributed by atoms with E-state index in [0.29, 0.717) is 6.42 Å². The lowest BCUT2D eigenvalue weighted by atomic mass is 10.2. The Morgan fingerprint density at radius 3 is 1.69 bits per heavy atom. The van der Waals surface area contributed by atoms with Gasteiger partial charge in [-0.1, -0.05) is 74.4 Å². The lowest BCUT2D eigenvalue weighted by molar-refractivity contribution is -0.158. The van der Waals surface area contributed by atoms with Crippen LogP contribution >= 0.6 is 0 Å². The third kappa shape index (κ3) is 28.1. The molecule has 0 rings (SSSR count). The maximum absolute atomic E-state index is 11.2. The molecule has 0 aromatic rings. The van der Waals surface area contributed by atoms with Crippen molar-refractivity contribution in [1.82, 2.24) is 0 Å². The summed E-state index contributed by atoms with van der Waals surface area (Å²) in [6, 6.07) is 0. The Morgan fingerprint density at radius 2 is 1.24 bits per heavy atom. The van der Waals surface area contributed by atoms with Crippen molar-refractivity contribution < 1.29 is 14.3 Å². The van der Waals surface area contributed by atoms with Crippen molar-refractivity contribution in [3.05, 3.63) is 61.3 Å². The second-order valence-electron chi connectivity index (χ2n) is 6.44. The van der Waals surface area contributed by atoms with Crippen LogP contribution in [0.2, 0.25) is 0 Å². The van der Waals surface area contributed by atoms with Gasteiger partial charge in [0.25, 0.3) is 0 Å². The van der Waals surface area contributed by atoms with E-state index in [4.69, 9.17) is 5.73 Å². The van der Waals surface area contributed by atoms with E-state index < -0.39 is 11.9 Å². The van der Waals surface area contributed by atoms with Gasteiger partial charge in [-0.05, 0) is 51.9 Å². The molecule has 0 heterocycles. The van der Waals surface area contributed by atoms with Crippen LogP contribution in [0.15, 0.2) is 61.3 Å². The second kappa shape index (κ2) is 25.8. The Morgan fingerprint density at radius 1 is 0.793 bits per heavy atom. The van der Waals surface area contributed by atoms with Gasteiger partial charge in [0.15, 0.2) is 0 Å². The predicted molar refractivity (Wildman–Crippen MR) is 124 cm³/mol. The predicted octanol–water partition coefficient (Wildman–Crippen LogP) is 6.35. The van der Waals surface area contributed by atoms with Crippen molar-refractivity contribution in [3.8, 4) is 0 Å². The molecule has 4 heteroatoms. The van der Waals surface area contributed by atoms with Crippen molar-refractivity contribution in [3.63, 3.8) is 0 Å². The van der Waals surface area contributed by atoms with Crippen LogP contribution in [0.1, 0.15) is 78.1 Å². The number of hydrogen-bond donors (Lipinski definition) is 1. The fourth-order valence-electron chi connectivity index (χ4n) is 2.14. The summed E-state index contributed by atoms with van der Waals surface area (Å²) in [6.45, 7) is 7.21. The van der Waals surface area contributed by atoms with Crippen LogP contribution in [-0.4, -0.2) is 18.5 Å². The molecule has 0 fully saturated rings. The van der Waals surface area contributed by atoms with E-state index in [9.17, 15) is 9.59 Å². The van der Waals surface area contributed by atoms with Crippen molar-refractivity contribution in [2.75, 3.05) is 6.54 Å². The van der Waals surface area contributed by atoms with E-state index in [0.717, 1.165) is 25.7 Å². The monoisotopic (exact) mass is 403 g/mol. The zero-order valence-corrected chi connectivity index (χ0v) is 18.5. The molecule has 0 unspecified atom stereocenters. The second-order valence-corrected chi connectivity index (χ2v) is 6.44. The number of hydrogen-bond acceptors (Lipinski definition) is 4. The van der Waals surface area contributed by atoms with Crippen molar-refractivity contribution >= 4 is 11.9 Å². The van der Waals surface area contributed by atoms with Gasteiger partial charge in [-0.15, -0.1) is 6.58 Å². The van der Waals surface area contributed by atoms with Crippen LogP contribution in [0.25, 0.3) is 0 Å². The third-order valence-electron chi connectivity index (χ3n) is 3.60. The maximum Gasteiger partial charge on any atom is 0.327 e. The van der Waals surface area contributed by atoms with Gasteiger partial charge in [0, 0.05) is 6.42 Å². The highest BCUT2D eigenvalue weighted by molar-refractivity contribution is 5.86. The molecule has 0 bridgehead atoms. The fraction of sp³-hybridized carbons (Fsp3) is 0.520. The first-order valence-corrected chi connectivity index (χ1v) is 10.7. The number of carbonyl (C=O) groups is 2. The lowest BCUT2D eigenvalue weighted by Crippen LogP contribution is -2.20. The van der Waals surface area contributed by atoms with Gasteiger partial charge in [-0.3, -0.25) is 9.59 Å². The van der Waals surface area contributed by atoms with Gasteiger partial charge < -0.3 is 10.5 Å². The zero-order chi connectivity index (χ0) is 22.0. The van der Waals surface area contributed by atoms with E-state index >= 15 is 0 Å². The van der Waals surface area contributed by atoms with Crippen LogP contribution in [0.3, 0.4) is 0 Å². The van der Waals surface area contributed by atoms with Crippen LogP contribution in [0, 0.1) is 0 Å². The van der Waals surface area contributed by atoms with Gasteiger partial charge >= 0.3 is 11.9 Å². The average molecular weight is 404 g/mol. The minimum Gasteiger partial charge on any atom is -0.392 e. The molecule has 4 nitrogen and oxygen atoms in total. The number of esters is 2. The minimum atomic E-state index is -0.673. The molecule has 0 atom stereocenters. The summed E-state index contributed by atoms with van der Waals surface area (Å²) in [5, 5.41) is 0. The number of carbonyl (C=O) groups excluding carboxylic acids is 2. The van der Waals surface area contributed by atoms with Crippen molar-refractivity contribution in [2.24, 2.45) is 5.73 Å². The minimum absolute atomic E-state index is 0.240. The lowest BCUT2D eigenvalue weighted by Gasteiger charge is -1.99. The summed E-state index contributed by atoms with van der Waals surface area (Å²) in [6.07, 6.45) is 28.7. The summed E-state index contributed by atoms with van der Waals surface area (Å²) < 4.78 is 4.48. The number of unbranched alkanes of at least 4 members (excludes halogenated alkanes) is 4. The number of allylic oxidation sites excluding steroid dienone is 9. The molecule has 164 valence electrons. The van der Waals surface area contributed by atoms with Gasteiger partial charge in [0.2, 0.25) is 0 Å². The average Bonchev–Trinajstić information content (AvgIpc) is 2.70. The highest BCUT2D eigenvalue weighted by Gasteiger charge is 2.06. The molecule has 0 saturated carbocycles. The Bertz CT molecular complexity index is 516. The van der Waals surface area contributed by atoms with E-state index in [1.165, 1.54) is 25.7 Å². The molecule has 0 aromatic heterocycles. The van der Waals surface area contributed by atoms with Crippen molar-refractivity contribution in [1.29, 1.82) is 0 Å². The summed E-state index contributed by atoms with van der Waals surface area (Å²) >= 11 is 0. The van der Waals surface area contributed by atoms with E-state index in [1.807, 2.05) is 13.0 Å². The van der Waals surface area contributed by atoms with Crippen LogP contribution in [0.5, 0.6) is 0 Å². The Labute approximate surface area is 178 Å². The van der Waals surface area contributed by atoms with E-state index in [1.54, 1.807) is 6.08 Å². The van der Waals surface area contributed by atoms with Gasteiger partial charge in [-0.2, -0.15) is 0 Å². The number of rotatable bonds is 15. The first kappa shape index (κ1) is 29.0. The molecule has 0 aliphatic heterocycles. The molecule has 0 aromatic carbocycles. The normalized spacial score (nSPS) is 11.3. The fourth-order valence-corrected chi connectivity index (χ4v) is 2.14. The number of nitrogens with two attached hydrogens (primary N) is 1. The quantitative estimate of drug-likeness (QED) is 0.150. The first-order valence-electron chi connectivity index (χ1n) is 10.7. The largest absolute Gasteiger partial charge is 0.392 e. The summed E-state index contributed by atoms with van der Waals surface area (Å²) in [4.78, 5) is 22.0. The molecule has 29 heavy (non-hydrogen) atoms. The molecule has 0 aliphatic carbocycles. The topological polar surface area (TPSA) is 69.4 Å². The maximum atomic E-state index is 11.2. The Kier molecular flexibility index (Phi) is 25.8. The molecule has 0 saturated heterocycles. The van der Waals surface area contributed by atoms with Crippen LogP contribution in [0.4, 0.5) is 0 Å². The summed E-state index contributed by atoms with van der Waals surface area (Å²) in [5.41, 5.74) is 5.06. The standard InChI is InChI=1S/C22H35NO3.C3H6/c1-2-3-4-5-6-7-8-9-10-11-12-13-14-15-16-17-18-19-21(24)26-22(25)20-23;1-3-2/h6-7,9-10,12-13,15-16H,2-5,8,11,14,17-20,23H2,1H3;3H,1H2,2H3/b7-6-,10-9-,13-12-,16-15-;. The van der Waals surface area contributed by atoms with Crippen LogP contribution < -0.4 is 5.73 Å². The SMILES string of the molecule is C=CC.CCCCC/C=C\C/C=C\C/C=C\C/C=C\CCCC(=O)OC(=O)CN. The Hall–Kier alpha value is -2.20. The molecule has 0 aliphatic rings.